The summed E-state index contributed by atoms with van der Waals surface area (Å²) >= 11 is 0. The summed E-state index contributed by atoms with van der Waals surface area (Å²) in [4.78, 5) is 24.5. The topological polar surface area (TPSA) is 66.8 Å². The Morgan fingerprint density at radius 2 is 2.12 bits per heavy atom. The van der Waals surface area contributed by atoms with Crippen molar-refractivity contribution in [2.75, 3.05) is 13.7 Å². The fourth-order valence-electron chi connectivity index (χ4n) is 2.15. The lowest BCUT2D eigenvalue weighted by atomic mass is 9.90. The first kappa shape index (κ1) is 13.0. The Morgan fingerprint density at radius 3 is 2.62 bits per heavy atom. The van der Waals surface area contributed by atoms with Crippen LogP contribution in [0.1, 0.15) is 26.7 Å². The van der Waals surface area contributed by atoms with Crippen LogP contribution in [0, 0.1) is 5.92 Å². The molecule has 1 heterocycles. The van der Waals surface area contributed by atoms with Crippen molar-refractivity contribution in [1.82, 2.24) is 4.90 Å². The van der Waals surface area contributed by atoms with Crippen LogP contribution in [-0.4, -0.2) is 47.7 Å². The van der Waals surface area contributed by atoms with Gasteiger partial charge in [-0.25, -0.2) is 4.79 Å². The molecule has 0 aromatic heterocycles. The van der Waals surface area contributed by atoms with E-state index < -0.39 is 18.1 Å². The molecule has 0 bridgehead atoms. The van der Waals surface area contributed by atoms with Gasteiger partial charge in [-0.15, -0.1) is 0 Å². The first-order valence-electron chi connectivity index (χ1n) is 5.55. The summed E-state index contributed by atoms with van der Waals surface area (Å²) in [6, 6.07) is -0.709. The average molecular weight is 229 g/mol. The number of aliphatic carboxylic acids is 1. The molecule has 92 valence electrons. The van der Waals surface area contributed by atoms with Crippen molar-refractivity contribution < 1.29 is 19.4 Å². The Hall–Kier alpha value is -1.10. The predicted octanol–water partition coefficient (Wildman–Crippen LogP) is 0.733. The number of amides is 1. The number of piperidine rings is 1. The van der Waals surface area contributed by atoms with Gasteiger partial charge in [0.05, 0.1) is 0 Å². The summed E-state index contributed by atoms with van der Waals surface area (Å²) in [6.45, 7) is 4.02. The van der Waals surface area contributed by atoms with Crippen LogP contribution < -0.4 is 0 Å². The average Bonchev–Trinajstić information content (AvgIpc) is 2.26. The zero-order valence-electron chi connectivity index (χ0n) is 9.97. The maximum atomic E-state index is 11.9. The predicted molar refractivity (Wildman–Crippen MR) is 58.0 cm³/mol. The summed E-state index contributed by atoms with van der Waals surface area (Å²) in [5.41, 5.74) is 0. The van der Waals surface area contributed by atoms with Gasteiger partial charge in [0.2, 0.25) is 0 Å². The van der Waals surface area contributed by atoms with E-state index in [0.29, 0.717) is 6.54 Å². The van der Waals surface area contributed by atoms with Gasteiger partial charge in [0, 0.05) is 13.7 Å². The Morgan fingerprint density at radius 1 is 1.50 bits per heavy atom. The van der Waals surface area contributed by atoms with Crippen LogP contribution in [0.25, 0.3) is 0 Å². The van der Waals surface area contributed by atoms with Gasteiger partial charge in [-0.3, -0.25) is 4.79 Å². The molecule has 1 fully saturated rings. The standard InChI is InChI=1S/C11H19NO4/c1-7-5-4-6-12(9(7)11(14)15)10(13)8(2)16-3/h7-9H,4-6H2,1-3H3,(H,14,15). The van der Waals surface area contributed by atoms with Gasteiger partial charge in [-0.2, -0.15) is 0 Å². The number of carbonyl (C=O) groups is 2. The Labute approximate surface area is 95.4 Å². The summed E-state index contributed by atoms with van der Waals surface area (Å²) in [5.74, 6) is -1.16. The third kappa shape index (κ3) is 2.52. The van der Waals surface area contributed by atoms with Crippen molar-refractivity contribution >= 4 is 11.9 Å². The molecule has 1 rings (SSSR count). The van der Waals surface area contributed by atoms with E-state index in [1.165, 1.54) is 12.0 Å². The molecule has 0 spiro atoms. The van der Waals surface area contributed by atoms with E-state index in [4.69, 9.17) is 9.84 Å². The molecule has 1 aliphatic heterocycles. The van der Waals surface area contributed by atoms with E-state index in [-0.39, 0.29) is 11.8 Å². The van der Waals surface area contributed by atoms with E-state index in [1.807, 2.05) is 6.92 Å². The van der Waals surface area contributed by atoms with Crippen LogP contribution in [0.2, 0.25) is 0 Å². The number of nitrogens with zero attached hydrogens (tertiary/aromatic N) is 1. The zero-order chi connectivity index (χ0) is 12.3. The first-order valence-corrected chi connectivity index (χ1v) is 5.55. The highest BCUT2D eigenvalue weighted by atomic mass is 16.5. The highest BCUT2D eigenvalue weighted by Gasteiger charge is 2.38. The molecule has 1 amide bonds. The highest BCUT2D eigenvalue weighted by Crippen LogP contribution is 2.24. The van der Waals surface area contributed by atoms with E-state index in [0.717, 1.165) is 12.8 Å². The minimum Gasteiger partial charge on any atom is -0.480 e. The molecule has 1 N–H and O–H groups in total. The summed E-state index contributed by atoms with van der Waals surface area (Å²) in [6.07, 6.45) is 1.13. The molecule has 5 nitrogen and oxygen atoms in total. The van der Waals surface area contributed by atoms with E-state index in [2.05, 4.69) is 0 Å². The second kappa shape index (κ2) is 5.30. The second-order valence-electron chi connectivity index (χ2n) is 4.31. The van der Waals surface area contributed by atoms with Crippen LogP contribution in [0.3, 0.4) is 0 Å². The third-order valence-electron chi connectivity index (χ3n) is 3.17. The van der Waals surface area contributed by atoms with Crippen LogP contribution in [-0.2, 0) is 14.3 Å². The lowest BCUT2D eigenvalue weighted by Gasteiger charge is -2.38. The third-order valence-corrected chi connectivity index (χ3v) is 3.17. The fraction of sp³-hybridized carbons (Fsp3) is 0.818. The minimum atomic E-state index is -0.927. The van der Waals surface area contributed by atoms with Crippen molar-refractivity contribution in [3.05, 3.63) is 0 Å². The Kier molecular flexibility index (Phi) is 4.29. The molecule has 0 aromatic rings. The number of hydrogen-bond acceptors (Lipinski definition) is 3. The number of ether oxygens (including phenoxy) is 1. The van der Waals surface area contributed by atoms with Crippen molar-refractivity contribution in [3.63, 3.8) is 0 Å². The maximum absolute atomic E-state index is 11.9. The molecule has 1 saturated heterocycles. The Balaban J connectivity index is 2.83. The summed E-state index contributed by atoms with van der Waals surface area (Å²) in [7, 11) is 1.45. The van der Waals surface area contributed by atoms with Crippen molar-refractivity contribution in [2.24, 2.45) is 5.92 Å². The van der Waals surface area contributed by atoms with Crippen LogP contribution in [0.5, 0.6) is 0 Å². The van der Waals surface area contributed by atoms with Crippen molar-refractivity contribution in [3.8, 4) is 0 Å². The molecule has 3 unspecified atom stereocenters. The lowest BCUT2D eigenvalue weighted by Crippen LogP contribution is -2.54. The first-order chi connectivity index (χ1) is 7.49. The summed E-state index contributed by atoms with van der Waals surface area (Å²) < 4.78 is 4.94. The van der Waals surface area contributed by atoms with Crippen molar-refractivity contribution in [1.29, 1.82) is 0 Å². The number of hydrogen-bond donors (Lipinski definition) is 1. The molecule has 0 aliphatic carbocycles. The largest absolute Gasteiger partial charge is 0.480 e. The van der Waals surface area contributed by atoms with Gasteiger partial charge in [0.1, 0.15) is 12.1 Å². The highest BCUT2D eigenvalue weighted by molar-refractivity contribution is 5.86. The maximum Gasteiger partial charge on any atom is 0.326 e. The minimum absolute atomic E-state index is 0.000689. The van der Waals surface area contributed by atoms with E-state index in [9.17, 15) is 9.59 Å². The van der Waals surface area contributed by atoms with Gasteiger partial charge in [-0.05, 0) is 25.7 Å². The number of carboxylic acids is 1. The molecule has 3 atom stereocenters. The molecule has 0 saturated carbocycles. The van der Waals surface area contributed by atoms with Crippen LogP contribution >= 0.6 is 0 Å². The smallest absolute Gasteiger partial charge is 0.326 e. The molecule has 0 radical (unpaired) electrons. The normalized spacial score (nSPS) is 27.6. The Bertz CT molecular complexity index is 279. The number of likely N-dealkylation sites (tertiary alicyclic amines) is 1. The fourth-order valence-corrected chi connectivity index (χ4v) is 2.15. The van der Waals surface area contributed by atoms with Crippen LogP contribution in [0.4, 0.5) is 0 Å². The zero-order valence-corrected chi connectivity index (χ0v) is 9.97. The molecule has 16 heavy (non-hydrogen) atoms. The monoisotopic (exact) mass is 229 g/mol. The number of rotatable bonds is 3. The van der Waals surface area contributed by atoms with E-state index >= 15 is 0 Å². The van der Waals surface area contributed by atoms with Gasteiger partial charge in [-0.1, -0.05) is 6.92 Å². The van der Waals surface area contributed by atoms with E-state index in [1.54, 1.807) is 6.92 Å². The SMILES string of the molecule is COC(C)C(=O)N1CCCC(C)C1C(=O)O. The van der Waals surface area contributed by atoms with Gasteiger partial charge < -0.3 is 14.7 Å². The van der Waals surface area contributed by atoms with Crippen molar-refractivity contribution in [2.45, 2.75) is 38.8 Å². The molecular weight excluding hydrogens is 210 g/mol. The number of methoxy groups -OCH3 is 1. The lowest BCUT2D eigenvalue weighted by molar-refractivity contribution is -0.159. The van der Waals surface area contributed by atoms with Gasteiger partial charge in [0.15, 0.2) is 0 Å². The molecule has 0 aromatic carbocycles. The second-order valence-corrected chi connectivity index (χ2v) is 4.31. The van der Waals surface area contributed by atoms with Gasteiger partial charge in [0.25, 0.3) is 5.91 Å². The number of carboxylic acid groups (broad SMARTS) is 1. The van der Waals surface area contributed by atoms with Crippen LogP contribution in [0.15, 0.2) is 0 Å². The molecule has 5 heteroatoms. The molecular formula is C11H19NO4. The molecule has 1 aliphatic rings. The number of carbonyl (C=O) groups excluding carboxylic acids is 1. The summed E-state index contributed by atoms with van der Waals surface area (Å²) in [5, 5.41) is 9.15. The quantitative estimate of drug-likeness (QED) is 0.774. The van der Waals surface area contributed by atoms with Gasteiger partial charge >= 0.3 is 5.97 Å².